The Morgan fingerprint density at radius 2 is 1.57 bits per heavy atom. The monoisotopic (exact) mass is 419 g/mol. The topological polar surface area (TPSA) is 79.9 Å². The first-order valence-electron chi connectivity index (χ1n) is 10.5. The van der Waals surface area contributed by atoms with Gasteiger partial charge in [-0.15, -0.1) is 0 Å². The predicted octanol–water partition coefficient (Wildman–Crippen LogP) is 3.47. The summed E-state index contributed by atoms with van der Waals surface area (Å²) in [6.07, 6.45) is -0.535. The number of rotatable bonds is 6. The lowest BCUT2D eigenvalue weighted by molar-refractivity contribution is -0.133. The summed E-state index contributed by atoms with van der Waals surface area (Å²) in [5.41, 5.74) is -0.0672. The van der Waals surface area contributed by atoms with Crippen molar-refractivity contribution in [3.8, 4) is 0 Å². The lowest BCUT2D eigenvalue weighted by Crippen LogP contribution is -2.60. The number of morpholine rings is 1. The first-order chi connectivity index (χ1) is 13.8. The standard InChI is InChI=1S/C23H37N3O4/c1-21(2,3)30-20(28)25-23(6,7)22(4,5)19(27)24-16-17-8-10-18(11-9-17)26-12-14-29-15-13-26/h8-11H,12-16H2,1-7H3,(H,24,27)(H,25,28). The fourth-order valence-corrected chi connectivity index (χ4v) is 3.05. The molecule has 2 N–H and O–H groups in total. The molecule has 0 atom stereocenters. The highest BCUT2D eigenvalue weighted by atomic mass is 16.6. The Labute approximate surface area is 180 Å². The number of ether oxygens (including phenoxy) is 2. The highest BCUT2D eigenvalue weighted by molar-refractivity contribution is 5.84. The van der Waals surface area contributed by atoms with Crippen LogP contribution < -0.4 is 15.5 Å². The van der Waals surface area contributed by atoms with Gasteiger partial charge in [-0.2, -0.15) is 0 Å². The van der Waals surface area contributed by atoms with Crippen LogP contribution in [0.5, 0.6) is 0 Å². The van der Waals surface area contributed by atoms with Gasteiger partial charge in [-0.05, 0) is 66.2 Å². The van der Waals surface area contributed by atoms with Crippen LogP contribution in [0.15, 0.2) is 24.3 Å². The summed E-state index contributed by atoms with van der Waals surface area (Å²) in [6.45, 7) is 16.4. The van der Waals surface area contributed by atoms with E-state index in [2.05, 4.69) is 27.7 Å². The Hall–Kier alpha value is -2.28. The largest absolute Gasteiger partial charge is 0.444 e. The van der Waals surface area contributed by atoms with E-state index in [4.69, 9.17) is 9.47 Å². The van der Waals surface area contributed by atoms with E-state index in [1.54, 1.807) is 0 Å². The molecule has 0 bridgehead atoms. The van der Waals surface area contributed by atoms with Crippen LogP contribution in [0.25, 0.3) is 0 Å². The molecule has 0 radical (unpaired) electrons. The first kappa shape index (κ1) is 24.0. The van der Waals surface area contributed by atoms with E-state index < -0.39 is 22.6 Å². The van der Waals surface area contributed by atoms with Crippen molar-refractivity contribution in [1.29, 1.82) is 0 Å². The van der Waals surface area contributed by atoms with Crippen molar-refractivity contribution >= 4 is 17.7 Å². The van der Waals surface area contributed by atoms with Gasteiger partial charge in [0.05, 0.1) is 24.2 Å². The quantitative estimate of drug-likeness (QED) is 0.738. The molecule has 1 saturated heterocycles. The maximum absolute atomic E-state index is 12.9. The van der Waals surface area contributed by atoms with Crippen LogP contribution in [0.3, 0.4) is 0 Å². The third-order valence-electron chi connectivity index (χ3n) is 5.71. The molecule has 30 heavy (non-hydrogen) atoms. The van der Waals surface area contributed by atoms with Gasteiger partial charge in [0.2, 0.25) is 5.91 Å². The maximum atomic E-state index is 12.9. The highest BCUT2D eigenvalue weighted by Crippen LogP contribution is 2.31. The van der Waals surface area contributed by atoms with E-state index in [0.29, 0.717) is 6.54 Å². The molecular weight excluding hydrogens is 382 g/mol. The molecule has 1 aromatic carbocycles. The molecule has 0 aliphatic carbocycles. The number of nitrogens with zero attached hydrogens (tertiary/aromatic N) is 1. The van der Waals surface area contributed by atoms with E-state index in [1.807, 2.05) is 60.6 Å². The third kappa shape index (κ3) is 6.36. The molecule has 0 aromatic heterocycles. The van der Waals surface area contributed by atoms with Crippen LogP contribution in [-0.2, 0) is 20.8 Å². The van der Waals surface area contributed by atoms with Gasteiger partial charge < -0.3 is 25.0 Å². The summed E-state index contributed by atoms with van der Waals surface area (Å²) in [5, 5.41) is 5.84. The van der Waals surface area contributed by atoms with E-state index in [-0.39, 0.29) is 5.91 Å². The van der Waals surface area contributed by atoms with Crippen molar-refractivity contribution in [2.24, 2.45) is 5.41 Å². The minimum Gasteiger partial charge on any atom is -0.444 e. The Bertz CT molecular complexity index is 730. The molecule has 7 nitrogen and oxygen atoms in total. The Balaban J connectivity index is 1.94. The zero-order valence-corrected chi connectivity index (χ0v) is 19.4. The fourth-order valence-electron chi connectivity index (χ4n) is 3.05. The second-order valence-corrected chi connectivity index (χ2v) is 9.83. The van der Waals surface area contributed by atoms with Crippen molar-refractivity contribution in [2.75, 3.05) is 31.2 Å². The van der Waals surface area contributed by atoms with E-state index in [0.717, 1.165) is 37.6 Å². The van der Waals surface area contributed by atoms with Crippen LogP contribution in [0, 0.1) is 5.41 Å². The minimum absolute atomic E-state index is 0.138. The molecular formula is C23H37N3O4. The second kappa shape index (κ2) is 9.25. The number of nitrogens with one attached hydrogen (secondary N) is 2. The molecule has 1 aliphatic rings. The van der Waals surface area contributed by atoms with Crippen molar-refractivity contribution in [1.82, 2.24) is 10.6 Å². The SMILES string of the molecule is CC(C)(C)OC(=O)NC(C)(C)C(C)(C)C(=O)NCc1ccc(N2CCOCC2)cc1. The fraction of sp³-hybridized carbons (Fsp3) is 0.652. The summed E-state index contributed by atoms with van der Waals surface area (Å²) in [6, 6.07) is 8.21. The number of carbonyl (C=O) groups is 2. The van der Waals surface area contributed by atoms with Crippen LogP contribution in [0.4, 0.5) is 10.5 Å². The van der Waals surface area contributed by atoms with Crippen molar-refractivity contribution in [2.45, 2.75) is 66.2 Å². The first-order valence-corrected chi connectivity index (χ1v) is 10.5. The molecule has 0 unspecified atom stereocenters. The van der Waals surface area contributed by atoms with Gasteiger partial charge in [0.15, 0.2) is 0 Å². The molecule has 1 aromatic rings. The predicted molar refractivity (Wildman–Crippen MR) is 119 cm³/mol. The molecule has 0 saturated carbocycles. The second-order valence-electron chi connectivity index (χ2n) is 9.83. The van der Waals surface area contributed by atoms with Crippen LogP contribution in [0.2, 0.25) is 0 Å². The number of hydrogen-bond donors (Lipinski definition) is 2. The molecule has 2 amide bonds. The van der Waals surface area contributed by atoms with Gasteiger partial charge in [0.1, 0.15) is 5.60 Å². The van der Waals surface area contributed by atoms with Crippen LogP contribution in [-0.4, -0.2) is 49.4 Å². The van der Waals surface area contributed by atoms with E-state index in [9.17, 15) is 9.59 Å². The maximum Gasteiger partial charge on any atom is 0.408 e. The van der Waals surface area contributed by atoms with Gasteiger partial charge in [-0.3, -0.25) is 4.79 Å². The zero-order valence-electron chi connectivity index (χ0n) is 19.4. The van der Waals surface area contributed by atoms with Crippen molar-refractivity contribution in [3.63, 3.8) is 0 Å². The zero-order chi connectivity index (χ0) is 22.6. The van der Waals surface area contributed by atoms with Crippen LogP contribution >= 0.6 is 0 Å². The van der Waals surface area contributed by atoms with Gasteiger partial charge in [-0.1, -0.05) is 12.1 Å². The number of carbonyl (C=O) groups excluding carboxylic acids is 2. The molecule has 1 heterocycles. The average Bonchev–Trinajstić information content (AvgIpc) is 2.65. The normalized spacial score (nSPS) is 15.5. The number of benzene rings is 1. The molecule has 0 spiro atoms. The molecule has 1 aliphatic heterocycles. The minimum atomic E-state index is -0.850. The lowest BCUT2D eigenvalue weighted by Gasteiger charge is -2.41. The van der Waals surface area contributed by atoms with Crippen LogP contribution in [0.1, 0.15) is 54.0 Å². The van der Waals surface area contributed by atoms with Gasteiger partial charge in [0, 0.05) is 25.3 Å². The number of amides is 2. The van der Waals surface area contributed by atoms with E-state index >= 15 is 0 Å². The smallest absolute Gasteiger partial charge is 0.408 e. The summed E-state index contributed by atoms with van der Waals surface area (Å²) in [4.78, 5) is 27.4. The Morgan fingerprint density at radius 3 is 2.10 bits per heavy atom. The summed E-state index contributed by atoms with van der Waals surface area (Å²) < 4.78 is 10.7. The van der Waals surface area contributed by atoms with Crippen molar-refractivity contribution in [3.05, 3.63) is 29.8 Å². The summed E-state index contributed by atoms with van der Waals surface area (Å²) in [5.74, 6) is -0.138. The summed E-state index contributed by atoms with van der Waals surface area (Å²) in [7, 11) is 0. The van der Waals surface area contributed by atoms with Gasteiger partial charge in [-0.25, -0.2) is 4.79 Å². The third-order valence-corrected chi connectivity index (χ3v) is 5.71. The Morgan fingerprint density at radius 1 is 1.00 bits per heavy atom. The summed E-state index contributed by atoms with van der Waals surface area (Å²) >= 11 is 0. The van der Waals surface area contributed by atoms with Gasteiger partial charge in [0.25, 0.3) is 0 Å². The Kier molecular flexibility index (Phi) is 7.40. The number of hydrogen-bond acceptors (Lipinski definition) is 5. The molecule has 2 rings (SSSR count). The number of anilines is 1. The van der Waals surface area contributed by atoms with Crippen molar-refractivity contribution < 1.29 is 19.1 Å². The highest BCUT2D eigenvalue weighted by Gasteiger charge is 2.44. The van der Waals surface area contributed by atoms with E-state index in [1.165, 1.54) is 0 Å². The molecule has 1 fully saturated rings. The number of alkyl carbamates (subject to hydrolysis) is 1. The van der Waals surface area contributed by atoms with Gasteiger partial charge >= 0.3 is 6.09 Å². The molecule has 7 heteroatoms. The lowest BCUT2D eigenvalue weighted by atomic mass is 9.73. The molecule has 168 valence electrons. The average molecular weight is 420 g/mol.